The Bertz CT molecular complexity index is 572. The molecule has 0 aliphatic rings. The van der Waals surface area contributed by atoms with E-state index in [1.807, 2.05) is 18.2 Å². The van der Waals surface area contributed by atoms with Crippen LogP contribution in [-0.4, -0.2) is 5.84 Å². The first-order chi connectivity index (χ1) is 8.97. The highest BCUT2D eigenvalue weighted by Crippen LogP contribution is 2.30. The smallest absolute Gasteiger partial charge is 0.383 e. The minimum Gasteiger partial charge on any atom is -0.383 e. The van der Waals surface area contributed by atoms with Gasteiger partial charge in [-0.3, -0.25) is 0 Å². The zero-order valence-corrected chi connectivity index (χ0v) is 9.85. The fourth-order valence-corrected chi connectivity index (χ4v) is 1.54. The second-order valence-electron chi connectivity index (χ2n) is 3.91. The molecule has 19 heavy (non-hydrogen) atoms. The van der Waals surface area contributed by atoms with E-state index >= 15 is 0 Å². The predicted octanol–water partition coefficient (Wildman–Crippen LogP) is 3.74. The van der Waals surface area contributed by atoms with Gasteiger partial charge in [-0.05, 0) is 24.3 Å². The molecule has 0 saturated carbocycles. The summed E-state index contributed by atoms with van der Waals surface area (Å²) in [5.74, 6) is 0.264. The molecule has 2 aromatic rings. The molecule has 0 fully saturated rings. The summed E-state index contributed by atoms with van der Waals surface area (Å²) in [5, 5.41) is 0. The molecule has 2 aromatic carbocycles. The van der Waals surface area contributed by atoms with E-state index in [-0.39, 0.29) is 5.84 Å². The quantitative estimate of drug-likeness (QED) is 0.651. The van der Waals surface area contributed by atoms with E-state index in [1.54, 1.807) is 12.1 Å². The van der Waals surface area contributed by atoms with Gasteiger partial charge in [0.1, 0.15) is 5.84 Å². The lowest BCUT2D eigenvalue weighted by molar-refractivity contribution is -0.137. The maximum Gasteiger partial charge on any atom is 0.416 e. The molecule has 0 atom stereocenters. The largest absolute Gasteiger partial charge is 0.416 e. The number of nitrogens with two attached hydrogens (primary N) is 1. The fourth-order valence-electron chi connectivity index (χ4n) is 1.54. The Morgan fingerprint density at radius 2 is 1.47 bits per heavy atom. The molecule has 0 unspecified atom stereocenters. The molecule has 5 heteroatoms. The maximum absolute atomic E-state index is 12.4. The van der Waals surface area contributed by atoms with E-state index in [0.717, 1.165) is 17.7 Å². The zero-order valence-electron chi connectivity index (χ0n) is 9.85. The highest BCUT2D eigenvalue weighted by Gasteiger charge is 2.29. The van der Waals surface area contributed by atoms with E-state index in [1.165, 1.54) is 12.1 Å². The second-order valence-corrected chi connectivity index (χ2v) is 3.91. The van der Waals surface area contributed by atoms with Gasteiger partial charge < -0.3 is 5.73 Å². The third-order valence-corrected chi connectivity index (χ3v) is 2.51. The van der Waals surface area contributed by atoms with Crippen LogP contribution in [0.1, 0.15) is 11.1 Å². The Kier molecular flexibility index (Phi) is 3.55. The lowest BCUT2D eigenvalue weighted by Crippen LogP contribution is -2.12. The van der Waals surface area contributed by atoms with Gasteiger partial charge in [0.15, 0.2) is 0 Å². The van der Waals surface area contributed by atoms with Crippen molar-refractivity contribution in [2.75, 3.05) is 0 Å². The Balaban J connectivity index is 2.24. The van der Waals surface area contributed by atoms with Crippen molar-refractivity contribution in [1.29, 1.82) is 0 Å². The number of hydrogen-bond donors (Lipinski definition) is 1. The number of aliphatic imine (C=N–C) groups is 1. The topological polar surface area (TPSA) is 38.4 Å². The van der Waals surface area contributed by atoms with Gasteiger partial charge in [-0.1, -0.05) is 30.3 Å². The average molecular weight is 264 g/mol. The number of nitrogens with zero attached hydrogens (tertiary/aromatic N) is 1. The van der Waals surface area contributed by atoms with Crippen LogP contribution >= 0.6 is 0 Å². The predicted molar refractivity (Wildman–Crippen MR) is 68.3 cm³/mol. The molecule has 0 aliphatic heterocycles. The molecule has 0 aromatic heterocycles. The second kappa shape index (κ2) is 5.14. The molecule has 2 N–H and O–H groups in total. The Labute approximate surface area is 108 Å². The summed E-state index contributed by atoms with van der Waals surface area (Å²) in [7, 11) is 0. The minimum atomic E-state index is -4.34. The Hall–Kier alpha value is -2.30. The van der Waals surface area contributed by atoms with Crippen molar-refractivity contribution >= 4 is 11.5 Å². The van der Waals surface area contributed by atoms with Crippen LogP contribution in [0.3, 0.4) is 0 Å². The molecule has 0 heterocycles. The van der Waals surface area contributed by atoms with E-state index in [2.05, 4.69) is 4.99 Å². The van der Waals surface area contributed by atoms with Crippen LogP contribution in [0.4, 0.5) is 18.9 Å². The molecule has 2 rings (SSSR count). The first-order valence-corrected chi connectivity index (χ1v) is 5.53. The van der Waals surface area contributed by atoms with Gasteiger partial charge in [-0.15, -0.1) is 0 Å². The molecule has 0 bridgehead atoms. The molecule has 98 valence electrons. The van der Waals surface area contributed by atoms with Crippen LogP contribution < -0.4 is 5.73 Å². The zero-order chi connectivity index (χ0) is 13.9. The average Bonchev–Trinajstić information content (AvgIpc) is 2.39. The summed E-state index contributed by atoms with van der Waals surface area (Å²) in [6.07, 6.45) is -4.34. The SMILES string of the molecule is NC(=Nc1ccc(C(F)(F)F)cc1)c1ccccc1. The molecule has 0 aliphatic carbocycles. The summed E-state index contributed by atoms with van der Waals surface area (Å²) in [6, 6.07) is 13.6. The van der Waals surface area contributed by atoms with Gasteiger partial charge in [-0.25, -0.2) is 4.99 Å². The van der Waals surface area contributed by atoms with Crippen LogP contribution in [0.25, 0.3) is 0 Å². The fraction of sp³-hybridized carbons (Fsp3) is 0.0714. The summed E-state index contributed by atoms with van der Waals surface area (Å²) in [4.78, 5) is 4.08. The van der Waals surface area contributed by atoms with E-state index < -0.39 is 11.7 Å². The van der Waals surface area contributed by atoms with Crippen LogP contribution in [-0.2, 0) is 6.18 Å². The van der Waals surface area contributed by atoms with Crippen molar-refractivity contribution in [2.45, 2.75) is 6.18 Å². The monoisotopic (exact) mass is 264 g/mol. The number of rotatable bonds is 2. The van der Waals surface area contributed by atoms with Crippen LogP contribution in [0, 0.1) is 0 Å². The summed E-state index contributed by atoms with van der Waals surface area (Å²) < 4.78 is 37.2. The van der Waals surface area contributed by atoms with Crippen molar-refractivity contribution < 1.29 is 13.2 Å². The highest BCUT2D eigenvalue weighted by atomic mass is 19.4. The molecule has 0 saturated heterocycles. The van der Waals surface area contributed by atoms with Crippen molar-refractivity contribution in [1.82, 2.24) is 0 Å². The van der Waals surface area contributed by atoms with Gasteiger partial charge in [0.05, 0.1) is 11.3 Å². The van der Waals surface area contributed by atoms with Crippen molar-refractivity contribution in [3.05, 3.63) is 65.7 Å². The number of alkyl halides is 3. The standard InChI is InChI=1S/C14H11F3N2/c15-14(16,17)11-6-8-12(9-7-11)19-13(18)10-4-2-1-3-5-10/h1-9H,(H2,18,19). The normalized spacial score (nSPS) is 12.5. The minimum absolute atomic E-state index is 0.264. The van der Waals surface area contributed by atoms with Crippen molar-refractivity contribution in [3.8, 4) is 0 Å². The molecule has 0 spiro atoms. The molecular weight excluding hydrogens is 253 g/mol. The molecule has 0 amide bonds. The van der Waals surface area contributed by atoms with Crippen LogP contribution in [0.2, 0.25) is 0 Å². The van der Waals surface area contributed by atoms with E-state index in [0.29, 0.717) is 5.69 Å². The van der Waals surface area contributed by atoms with Gasteiger partial charge in [-0.2, -0.15) is 13.2 Å². The van der Waals surface area contributed by atoms with Gasteiger partial charge >= 0.3 is 6.18 Å². The van der Waals surface area contributed by atoms with Gasteiger partial charge in [0.2, 0.25) is 0 Å². The molecular formula is C14H11F3N2. The lowest BCUT2D eigenvalue weighted by atomic mass is 10.2. The number of benzene rings is 2. The summed E-state index contributed by atoms with van der Waals surface area (Å²) >= 11 is 0. The molecule has 2 nitrogen and oxygen atoms in total. The van der Waals surface area contributed by atoms with Crippen molar-refractivity contribution in [2.24, 2.45) is 10.7 Å². The lowest BCUT2D eigenvalue weighted by Gasteiger charge is -2.06. The Morgan fingerprint density at radius 3 is 2.00 bits per heavy atom. The summed E-state index contributed by atoms with van der Waals surface area (Å²) in [6.45, 7) is 0. The Morgan fingerprint density at radius 1 is 0.895 bits per heavy atom. The maximum atomic E-state index is 12.4. The highest BCUT2D eigenvalue weighted by molar-refractivity contribution is 5.98. The number of hydrogen-bond acceptors (Lipinski definition) is 1. The first kappa shape index (κ1) is 13.1. The van der Waals surface area contributed by atoms with E-state index in [4.69, 9.17) is 5.73 Å². The van der Waals surface area contributed by atoms with Crippen molar-refractivity contribution in [3.63, 3.8) is 0 Å². The number of halogens is 3. The molecule has 0 radical (unpaired) electrons. The summed E-state index contributed by atoms with van der Waals surface area (Å²) in [5.41, 5.74) is 6.18. The van der Waals surface area contributed by atoms with Gasteiger partial charge in [0, 0.05) is 5.56 Å². The number of amidine groups is 1. The third kappa shape index (κ3) is 3.34. The van der Waals surface area contributed by atoms with Gasteiger partial charge in [0.25, 0.3) is 0 Å². The van der Waals surface area contributed by atoms with E-state index in [9.17, 15) is 13.2 Å². The third-order valence-electron chi connectivity index (χ3n) is 2.51. The van der Waals surface area contributed by atoms with Crippen LogP contribution in [0.5, 0.6) is 0 Å². The van der Waals surface area contributed by atoms with Crippen LogP contribution in [0.15, 0.2) is 59.6 Å². The first-order valence-electron chi connectivity index (χ1n) is 5.53.